The monoisotopic (exact) mass is 670 g/mol. The van der Waals surface area contributed by atoms with E-state index in [9.17, 15) is 0 Å². The van der Waals surface area contributed by atoms with Crippen LogP contribution >= 0.6 is 11.3 Å². The maximum Gasteiger partial charge on any atom is 0.166 e. The Morgan fingerprint density at radius 1 is 0.440 bits per heavy atom. The van der Waals surface area contributed by atoms with E-state index in [1.165, 1.54) is 10.6 Å². The molecule has 0 unspecified atom stereocenters. The lowest BCUT2D eigenvalue weighted by Crippen LogP contribution is -2.03. The first-order valence-corrected chi connectivity index (χ1v) is 16.4. The largest absolute Gasteiger partial charge is 0.309 e. The highest BCUT2D eigenvalue weighted by Crippen LogP contribution is 2.40. The first-order chi connectivity index (χ1) is 30.6. The zero-order valence-electron chi connectivity index (χ0n) is 39.8. The van der Waals surface area contributed by atoms with E-state index in [0.717, 1.165) is 11.3 Å². The van der Waals surface area contributed by atoms with E-state index in [1.54, 1.807) is 48.5 Å². The second kappa shape index (κ2) is 11.6. The third-order valence-corrected chi connectivity index (χ3v) is 9.62. The molecule has 0 aliphatic heterocycles. The molecule has 0 aliphatic carbocycles. The minimum atomic E-state index is -0.512. The van der Waals surface area contributed by atoms with Crippen LogP contribution in [0.3, 0.4) is 0 Å². The molecule has 0 spiro atoms. The summed E-state index contributed by atoms with van der Waals surface area (Å²) in [6, 6.07) is 19.3. The standard InChI is InChI=1S/C45H28N4S/c1-2-13-30(14-3-1)43-46-44(31-27-25-29(26-28-31)32-19-12-20-36-35-17-7-11-24-41(35)50-42(32)36)48-45(47-43)37-18-6-10-23-40(37)49-38-21-8-4-15-33(38)34-16-5-9-22-39(34)49/h1-28H/i4D,5D,7D,8D,11D,12D,15D,16D,17D,19D,20D,21D,22D,24D. The summed E-state index contributed by atoms with van der Waals surface area (Å²) in [6.45, 7) is 0. The van der Waals surface area contributed by atoms with Gasteiger partial charge in [-0.05, 0) is 41.4 Å². The topological polar surface area (TPSA) is 43.6 Å². The molecule has 0 saturated heterocycles. The number of fused-ring (bicyclic) bond motifs is 6. The van der Waals surface area contributed by atoms with E-state index in [2.05, 4.69) is 0 Å². The average molecular weight is 671 g/mol. The van der Waals surface area contributed by atoms with E-state index in [0.29, 0.717) is 44.0 Å². The summed E-state index contributed by atoms with van der Waals surface area (Å²) in [4.78, 5) is 14.7. The van der Waals surface area contributed by atoms with Crippen LogP contribution in [0.15, 0.2) is 170 Å². The average Bonchev–Trinajstić information content (AvgIpc) is 3.89. The molecular weight excluding hydrogens is 629 g/mol. The maximum atomic E-state index is 9.05. The summed E-state index contributed by atoms with van der Waals surface area (Å²) < 4.78 is 124. The molecule has 234 valence electrons. The molecule has 0 aliphatic rings. The van der Waals surface area contributed by atoms with Crippen LogP contribution < -0.4 is 0 Å². The molecule has 0 atom stereocenters. The molecule has 3 heterocycles. The molecule has 0 radical (unpaired) electrons. The molecule has 0 N–H and O–H groups in total. The van der Waals surface area contributed by atoms with Crippen molar-refractivity contribution >= 4 is 53.3 Å². The second-order valence-electron chi connectivity index (χ2n) is 11.4. The van der Waals surface area contributed by atoms with E-state index < -0.39 is 36.3 Å². The molecule has 0 fully saturated rings. The van der Waals surface area contributed by atoms with Gasteiger partial charge in [-0.1, -0.05) is 139 Å². The Balaban J connectivity index is 1.20. The normalized spacial score (nSPS) is 15.5. The summed E-state index contributed by atoms with van der Waals surface area (Å²) >= 11 is 1.05. The van der Waals surface area contributed by atoms with Crippen molar-refractivity contribution in [2.24, 2.45) is 0 Å². The quantitative estimate of drug-likeness (QED) is 0.183. The van der Waals surface area contributed by atoms with Crippen LogP contribution in [0.2, 0.25) is 0 Å². The molecule has 0 amide bonds. The van der Waals surface area contributed by atoms with Gasteiger partial charge in [0.1, 0.15) is 0 Å². The van der Waals surface area contributed by atoms with E-state index in [1.807, 2.05) is 30.3 Å². The Hall–Kier alpha value is -6.43. The number of hydrogen-bond acceptors (Lipinski definition) is 4. The predicted octanol–water partition coefficient (Wildman–Crippen LogP) is 12.0. The van der Waals surface area contributed by atoms with Gasteiger partial charge in [0.15, 0.2) is 17.5 Å². The molecule has 50 heavy (non-hydrogen) atoms. The molecule has 4 nitrogen and oxygen atoms in total. The smallest absolute Gasteiger partial charge is 0.166 e. The molecule has 0 bridgehead atoms. The summed E-state index contributed by atoms with van der Waals surface area (Å²) in [5.74, 6) is 0.689. The zero-order valence-corrected chi connectivity index (χ0v) is 26.6. The number of hydrogen-bond donors (Lipinski definition) is 0. The number of aromatic nitrogens is 4. The van der Waals surface area contributed by atoms with Gasteiger partial charge < -0.3 is 4.57 Å². The van der Waals surface area contributed by atoms with Crippen molar-refractivity contribution in [1.29, 1.82) is 0 Å². The van der Waals surface area contributed by atoms with Crippen molar-refractivity contribution in [3.8, 4) is 51.0 Å². The van der Waals surface area contributed by atoms with Gasteiger partial charge in [0.05, 0.1) is 35.9 Å². The fourth-order valence-electron chi connectivity index (χ4n) is 6.23. The highest BCUT2D eigenvalue weighted by molar-refractivity contribution is 7.26. The first-order valence-electron chi connectivity index (χ1n) is 22.6. The van der Waals surface area contributed by atoms with Crippen LogP contribution in [0.1, 0.15) is 19.2 Å². The van der Waals surface area contributed by atoms with Crippen molar-refractivity contribution in [3.05, 3.63) is 170 Å². The number of rotatable bonds is 5. The van der Waals surface area contributed by atoms with E-state index >= 15 is 0 Å². The number of thiophene rings is 1. The van der Waals surface area contributed by atoms with Crippen LogP contribution in [0.4, 0.5) is 0 Å². The highest BCUT2D eigenvalue weighted by Gasteiger charge is 2.19. The SMILES string of the molecule is [2H]c1cc([2H])c2c(c1[2H])c1c([2H])c([2H])c([2H])c([2H])c1n2-c1ccccc1-c1nc(-c2ccccc2)nc(-c2ccc(-c3c([2H])c([2H])c([2H])c4c3sc3c([2H])c([2H])c([2H])c([2H])c34)cc2)n1. The van der Waals surface area contributed by atoms with Crippen LogP contribution in [0.5, 0.6) is 0 Å². The minimum absolute atomic E-state index is 0.00557. The Kier molecular flexibility index (Phi) is 4.14. The zero-order chi connectivity index (χ0) is 45.2. The Morgan fingerprint density at radius 3 is 1.90 bits per heavy atom. The molecule has 10 rings (SSSR count). The lowest BCUT2D eigenvalue weighted by Gasteiger charge is -2.14. The van der Waals surface area contributed by atoms with Crippen LogP contribution in [-0.2, 0) is 0 Å². The van der Waals surface area contributed by atoms with Crippen molar-refractivity contribution < 1.29 is 19.2 Å². The van der Waals surface area contributed by atoms with E-state index in [-0.39, 0.29) is 97.3 Å². The highest BCUT2D eigenvalue weighted by atomic mass is 32.1. The molecular formula is C45H28N4S. The lowest BCUT2D eigenvalue weighted by molar-refractivity contribution is 1.06. The van der Waals surface area contributed by atoms with Crippen LogP contribution in [0.25, 0.3) is 93.0 Å². The molecule has 7 aromatic carbocycles. The van der Waals surface area contributed by atoms with Gasteiger partial charge in [-0.3, -0.25) is 0 Å². The molecule has 3 aromatic heterocycles. The third-order valence-electron chi connectivity index (χ3n) is 8.50. The maximum absolute atomic E-state index is 9.05. The van der Waals surface area contributed by atoms with Gasteiger partial charge >= 0.3 is 0 Å². The Morgan fingerprint density at radius 2 is 1.06 bits per heavy atom. The third kappa shape index (κ3) is 4.63. The van der Waals surface area contributed by atoms with Crippen LogP contribution in [-0.4, -0.2) is 19.5 Å². The fourth-order valence-corrected chi connectivity index (χ4v) is 7.31. The predicted molar refractivity (Wildman–Crippen MR) is 209 cm³/mol. The van der Waals surface area contributed by atoms with E-state index in [4.69, 9.17) is 34.1 Å². The fraction of sp³-hybridized carbons (Fsp3) is 0. The Labute approximate surface area is 312 Å². The van der Waals surface area contributed by atoms with Crippen molar-refractivity contribution in [1.82, 2.24) is 19.5 Å². The summed E-state index contributed by atoms with van der Waals surface area (Å²) in [7, 11) is 0. The van der Waals surface area contributed by atoms with Crippen molar-refractivity contribution in [2.75, 3.05) is 0 Å². The van der Waals surface area contributed by atoms with Crippen molar-refractivity contribution in [2.45, 2.75) is 0 Å². The first kappa shape index (κ1) is 17.8. The molecule has 10 aromatic rings. The minimum Gasteiger partial charge on any atom is -0.309 e. The van der Waals surface area contributed by atoms with Crippen LogP contribution in [0, 0.1) is 0 Å². The van der Waals surface area contributed by atoms with Gasteiger partial charge in [-0.15, -0.1) is 11.3 Å². The summed E-state index contributed by atoms with van der Waals surface area (Å²) in [5, 5.41) is 0.356. The van der Waals surface area contributed by atoms with Gasteiger partial charge in [0, 0.05) is 47.6 Å². The second-order valence-corrected chi connectivity index (χ2v) is 12.4. The number of benzene rings is 7. The summed E-state index contributed by atoms with van der Waals surface area (Å²) in [5.41, 5.74) is 2.81. The van der Waals surface area contributed by atoms with Gasteiger partial charge in [0.25, 0.3) is 0 Å². The summed E-state index contributed by atoms with van der Waals surface area (Å²) in [6.07, 6.45) is 0. The Bertz CT molecular complexity index is 3670. The molecule has 0 saturated carbocycles. The van der Waals surface area contributed by atoms with Gasteiger partial charge in [-0.25, -0.2) is 15.0 Å². The number of para-hydroxylation sites is 3. The lowest BCUT2D eigenvalue weighted by atomic mass is 10.0. The van der Waals surface area contributed by atoms with Gasteiger partial charge in [-0.2, -0.15) is 0 Å². The van der Waals surface area contributed by atoms with Crippen molar-refractivity contribution in [3.63, 3.8) is 0 Å². The molecule has 5 heteroatoms. The number of nitrogens with zero attached hydrogens (tertiary/aromatic N) is 4. The van der Waals surface area contributed by atoms with Gasteiger partial charge in [0.2, 0.25) is 0 Å².